The molecule has 1 unspecified atom stereocenters. The number of benzene rings is 1. The summed E-state index contributed by atoms with van der Waals surface area (Å²) >= 11 is 6.32. The van der Waals surface area contributed by atoms with Crippen molar-refractivity contribution in [3.8, 4) is 11.5 Å². The second-order valence-corrected chi connectivity index (χ2v) is 8.32. The standard InChI is InChI=1S/C19H27ClN2O4/c1-11(2)9-22-6-4-12(5-7-22)13-8-14(20)15(21)17-16(13)25-10-19(3,26-17)18(23)24/h8,11-12H,4-7,9-10,21H2,1-3H3,(H,23,24). The molecule has 2 heterocycles. The molecule has 26 heavy (non-hydrogen) atoms. The first-order chi connectivity index (χ1) is 12.2. The number of hydrogen-bond acceptors (Lipinski definition) is 5. The molecule has 7 heteroatoms. The quantitative estimate of drug-likeness (QED) is 0.776. The molecule has 0 bridgehead atoms. The number of carboxylic acids is 1. The molecule has 0 spiro atoms. The zero-order chi connectivity index (χ0) is 19.1. The van der Waals surface area contributed by atoms with Gasteiger partial charge in [0.2, 0.25) is 5.60 Å². The van der Waals surface area contributed by atoms with Gasteiger partial charge in [0.1, 0.15) is 6.61 Å². The van der Waals surface area contributed by atoms with Gasteiger partial charge in [-0.1, -0.05) is 25.4 Å². The molecule has 3 N–H and O–H groups in total. The monoisotopic (exact) mass is 382 g/mol. The number of likely N-dealkylation sites (tertiary alicyclic amines) is 1. The molecular weight excluding hydrogens is 356 g/mol. The predicted molar refractivity (Wildman–Crippen MR) is 101 cm³/mol. The fraction of sp³-hybridized carbons (Fsp3) is 0.632. The summed E-state index contributed by atoms with van der Waals surface area (Å²) in [6.07, 6.45) is 2.00. The summed E-state index contributed by atoms with van der Waals surface area (Å²) in [7, 11) is 0. The van der Waals surface area contributed by atoms with Crippen molar-refractivity contribution < 1.29 is 19.4 Å². The summed E-state index contributed by atoms with van der Waals surface area (Å²) in [4.78, 5) is 14.0. The first-order valence-corrected chi connectivity index (χ1v) is 9.48. The fourth-order valence-electron chi connectivity index (χ4n) is 3.71. The minimum atomic E-state index is -1.47. The van der Waals surface area contributed by atoms with Crippen LogP contribution in [0.5, 0.6) is 11.5 Å². The van der Waals surface area contributed by atoms with Crippen molar-refractivity contribution in [2.24, 2.45) is 5.92 Å². The predicted octanol–water partition coefficient (Wildman–Crippen LogP) is 3.37. The third-order valence-corrected chi connectivity index (χ3v) is 5.49. The van der Waals surface area contributed by atoms with E-state index in [1.165, 1.54) is 6.92 Å². The van der Waals surface area contributed by atoms with Crippen LogP contribution >= 0.6 is 11.6 Å². The highest BCUT2D eigenvalue weighted by Crippen LogP contribution is 2.49. The molecule has 3 rings (SSSR count). The molecular formula is C19H27ClN2O4. The first kappa shape index (κ1) is 19.1. The van der Waals surface area contributed by atoms with E-state index in [4.69, 9.17) is 26.8 Å². The average Bonchev–Trinajstić information content (AvgIpc) is 2.58. The Morgan fingerprint density at radius 1 is 1.42 bits per heavy atom. The number of anilines is 1. The molecule has 1 fully saturated rings. The van der Waals surface area contributed by atoms with Gasteiger partial charge in [0.05, 0.1) is 10.7 Å². The van der Waals surface area contributed by atoms with Crippen LogP contribution in [0, 0.1) is 5.92 Å². The maximum absolute atomic E-state index is 11.5. The van der Waals surface area contributed by atoms with E-state index in [9.17, 15) is 9.90 Å². The maximum atomic E-state index is 11.5. The number of carbonyl (C=O) groups is 1. The van der Waals surface area contributed by atoms with Crippen LogP contribution < -0.4 is 15.2 Å². The van der Waals surface area contributed by atoms with Crippen molar-refractivity contribution in [1.82, 2.24) is 4.90 Å². The number of halogens is 1. The number of aliphatic carboxylic acids is 1. The average molecular weight is 383 g/mol. The van der Waals surface area contributed by atoms with Gasteiger partial charge in [0, 0.05) is 12.1 Å². The molecule has 2 aliphatic rings. The number of rotatable bonds is 4. The van der Waals surface area contributed by atoms with E-state index in [1.807, 2.05) is 6.07 Å². The molecule has 0 radical (unpaired) electrons. The van der Waals surface area contributed by atoms with Gasteiger partial charge in [-0.25, -0.2) is 4.79 Å². The molecule has 2 aliphatic heterocycles. The molecule has 6 nitrogen and oxygen atoms in total. The molecule has 1 aromatic carbocycles. The molecule has 0 amide bonds. The fourth-order valence-corrected chi connectivity index (χ4v) is 3.91. The number of nitrogens with zero attached hydrogens (tertiary/aromatic N) is 1. The third kappa shape index (κ3) is 3.58. The molecule has 1 aromatic rings. The Bertz CT molecular complexity index is 701. The lowest BCUT2D eigenvalue weighted by atomic mass is 9.87. The minimum Gasteiger partial charge on any atom is -0.484 e. The number of carboxylic acid groups (broad SMARTS) is 1. The van der Waals surface area contributed by atoms with Crippen LogP contribution in [-0.4, -0.2) is 47.8 Å². The second-order valence-electron chi connectivity index (χ2n) is 7.92. The molecule has 144 valence electrons. The first-order valence-electron chi connectivity index (χ1n) is 9.10. The minimum absolute atomic E-state index is 0.0599. The summed E-state index contributed by atoms with van der Waals surface area (Å²) in [5.74, 6) is 0.658. The Kier molecular flexibility index (Phi) is 5.26. The SMILES string of the molecule is CC(C)CN1CCC(c2cc(Cl)c(N)c3c2OCC(C)(C(=O)O)O3)CC1. The van der Waals surface area contributed by atoms with Crippen LogP contribution in [0.2, 0.25) is 5.02 Å². The number of piperidine rings is 1. The van der Waals surface area contributed by atoms with E-state index in [2.05, 4.69) is 18.7 Å². The van der Waals surface area contributed by atoms with Crippen molar-refractivity contribution in [1.29, 1.82) is 0 Å². The van der Waals surface area contributed by atoms with Crippen LogP contribution in [0.1, 0.15) is 45.1 Å². The number of nitrogens with two attached hydrogens (primary N) is 1. The van der Waals surface area contributed by atoms with Gasteiger partial charge in [-0.15, -0.1) is 0 Å². The lowest BCUT2D eigenvalue weighted by molar-refractivity contribution is -0.158. The topological polar surface area (TPSA) is 85.0 Å². The molecule has 1 atom stereocenters. The van der Waals surface area contributed by atoms with Crippen LogP contribution in [0.4, 0.5) is 5.69 Å². The number of fused-ring (bicyclic) bond motifs is 1. The van der Waals surface area contributed by atoms with Crippen molar-refractivity contribution >= 4 is 23.3 Å². The van der Waals surface area contributed by atoms with E-state index in [1.54, 1.807) is 0 Å². The Hall–Kier alpha value is -1.66. The largest absolute Gasteiger partial charge is 0.484 e. The van der Waals surface area contributed by atoms with Crippen LogP contribution in [0.3, 0.4) is 0 Å². The zero-order valence-corrected chi connectivity index (χ0v) is 16.3. The molecule has 0 saturated carbocycles. The van der Waals surface area contributed by atoms with Crippen molar-refractivity contribution in [3.63, 3.8) is 0 Å². The second kappa shape index (κ2) is 7.16. The van der Waals surface area contributed by atoms with Gasteiger partial charge in [-0.05, 0) is 50.8 Å². The van der Waals surface area contributed by atoms with Gasteiger partial charge < -0.3 is 25.2 Å². The van der Waals surface area contributed by atoms with E-state index in [0.717, 1.165) is 38.0 Å². The molecule has 0 aromatic heterocycles. The summed E-state index contributed by atoms with van der Waals surface area (Å²) in [5, 5.41) is 9.79. The van der Waals surface area contributed by atoms with Crippen molar-refractivity contribution in [3.05, 3.63) is 16.7 Å². The van der Waals surface area contributed by atoms with Gasteiger partial charge in [-0.3, -0.25) is 0 Å². The zero-order valence-electron chi connectivity index (χ0n) is 15.5. The van der Waals surface area contributed by atoms with Crippen LogP contribution in [-0.2, 0) is 4.79 Å². The highest BCUT2D eigenvalue weighted by molar-refractivity contribution is 6.33. The van der Waals surface area contributed by atoms with Gasteiger partial charge in [0.15, 0.2) is 11.5 Å². The van der Waals surface area contributed by atoms with Crippen LogP contribution in [0.15, 0.2) is 6.07 Å². The smallest absolute Gasteiger partial charge is 0.351 e. The highest BCUT2D eigenvalue weighted by Gasteiger charge is 2.43. The lowest BCUT2D eigenvalue weighted by Crippen LogP contribution is -2.49. The Morgan fingerprint density at radius 3 is 2.65 bits per heavy atom. The number of nitrogen functional groups attached to an aromatic ring is 1. The molecule has 0 aliphatic carbocycles. The van der Waals surface area contributed by atoms with E-state index in [0.29, 0.717) is 22.6 Å². The Labute approximate surface area is 159 Å². The van der Waals surface area contributed by atoms with Gasteiger partial charge in [-0.2, -0.15) is 0 Å². The van der Waals surface area contributed by atoms with E-state index in [-0.39, 0.29) is 18.0 Å². The molecule has 1 saturated heterocycles. The third-order valence-electron chi connectivity index (χ3n) is 5.17. The lowest BCUT2D eigenvalue weighted by Gasteiger charge is -2.37. The van der Waals surface area contributed by atoms with Crippen LogP contribution in [0.25, 0.3) is 0 Å². The van der Waals surface area contributed by atoms with Crippen molar-refractivity contribution in [2.45, 2.75) is 45.1 Å². The summed E-state index contributed by atoms with van der Waals surface area (Å²) in [6, 6.07) is 1.85. The Morgan fingerprint density at radius 2 is 2.08 bits per heavy atom. The summed E-state index contributed by atoms with van der Waals surface area (Å²) in [5.41, 5.74) is 5.79. The Balaban J connectivity index is 1.87. The van der Waals surface area contributed by atoms with E-state index >= 15 is 0 Å². The highest BCUT2D eigenvalue weighted by atomic mass is 35.5. The normalized spacial score (nSPS) is 24.0. The summed E-state index contributed by atoms with van der Waals surface area (Å²) < 4.78 is 11.6. The maximum Gasteiger partial charge on any atom is 0.351 e. The number of hydrogen-bond donors (Lipinski definition) is 2. The van der Waals surface area contributed by atoms with Gasteiger partial charge in [0.25, 0.3) is 0 Å². The van der Waals surface area contributed by atoms with E-state index < -0.39 is 11.6 Å². The number of ether oxygens (including phenoxy) is 2. The van der Waals surface area contributed by atoms with Gasteiger partial charge >= 0.3 is 5.97 Å². The summed E-state index contributed by atoms with van der Waals surface area (Å²) in [6.45, 7) is 9.02. The van der Waals surface area contributed by atoms with Crippen molar-refractivity contribution in [2.75, 3.05) is 32.0 Å².